The summed E-state index contributed by atoms with van der Waals surface area (Å²) in [6.45, 7) is 0.126. The van der Waals surface area contributed by atoms with Gasteiger partial charge >= 0.3 is 10.9 Å². The molecule has 0 aliphatic heterocycles. The number of aromatic nitrogens is 4. The first kappa shape index (κ1) is 14.5. The van der Waals surface area contributed by atoms with Crippen LogP contribution in [-0.2, 0) is 6.54 Å². The molecule has 118 valence electrons. The lowest BCUT2D eigenvalue weighted by molar-refractivity contribution is -0.712. The van der Waals surface area contributed by atoms with Crippen LogP contribution in [0.4, 0.5) is 5.95 Å². The van der Waals surface area contributed by atoms with Crippen LogP contribution in [0.25, 0.3) is 15.5 Å². The van der Waals surface area contributed by atoms with E-state index in [4.69, 9.17) is 5.73 Å². The fourth-order valence-corrected chi connectivity index (χ4v) is 3.44. The minimum Gasteiger partial charge on any atom is -0.345 e. The van der Waals surface area contributed by atoms with E-state index in [0.717, 1.165) is 15.5 Å². The van der Waals surface area contributed by atoms with Crippen molar-refractivity contribution in [2.24, 2.45) is 0 Å². The number of rotatable bonds is 4. The van der Waals surface area contributed by atoms with Gasteiger partial charge in [0.25, 0.3) is 0 Å². The van der Waals surface area contributed by atoms with Crippen molar-refractivity contribution < 1.29 is 9.48 Å². The highest BCUT2D eigenvalue weighted by atomic mass is 32.1. The number of ketones is 1. The van der Waals surface area contributed by atoms with E-state index in [2.05, 4.69) is 10.2 Å². The molecule has 2 N–H and O–H groups in total. The van der Waals surface area contributed by atoms with E-state index < -0.39 is 0 Å². The number of hydrogen-bond donors (Lipinski definition) is 1. The minimum atomic E-state index is -0.0183. The summed E-state index contributed by atoms with van der Waals surface area (Å²) in [5, 5.41) is 9.57. The smallest absolute Gasteiger partial charge is 0.345 e. The van der Waals surface area contributed by atoms with Crippen LogP contribution < -0.4 is 10.4 Å². The SMILES string of the molecule is Nc1n[n+](CC(=O)c2ccccc2)c2sc(-c3ccccc3)nn12. The van der Waals surface area contributed by atoms with Crippen molar-refractivity contribution in [3.8, 4) is 10.6 Å². The molecular weight excluding hydrogens is 322 g/mol. The van der Waals surface area contributed by atoms with Gasteiger partial charge in [-0.25, -0.2) is 0 Å². The number of anilines is 1. The van der Waals surface area contributed by atoms with Gasteiger partial charge in [0.2, 0.25) is 5.78 Å². The lowest BCUT2D eigenvalue weighted by atomic mass is 10.1. The Bertz CT molecular complexity index is 1010. The molecule has 0 saturated heterocycles. The van der Waals surface area contributed by atoms with Crippen LogP contribution in [0.2, 0.25) is 0 Å². The molecule has 24 heavy (non-hydrogen) atoms. The molecule has 2 heterocycles. The zero-order chi connectivity index (χ0) is 16.5. The fourth-order valence-electron chi connectivity index (χ4n) is 2.46. The molecule has 4 rings (SSSR count). The molecule has 6 nitrogen and oxygen atoms in total. The van der Waals surface area contributed by atoms with Gasteiger partial charge in [-0.15, -0.1) is 4.68 Å². The summed E-state index contributed by atoms with van der Waals surface area (Å²) in [5.41, 5.74) is 7.60. The summed E-state index contributed by atoms with van der Waals surface area (Å²) < 4.78 is 3.18. The normalized spacial score (nSPS) is 11.0. The Hall–Kier alpha value is -3.06. The molecule has 0 bridgehead atoms. The molecule has 0 atom stereocenters. The Balaban J connectivity index is 1.71. The van der Waals surface area contributed by atoms with Gasteiger partial charge in [-0.3, -0.25) is 4.79 Å². The molecule has 0 unspecified atom stereocenters. The minimum absolute atomic E-state index is 0.0183. The molecule has 0 aliphatic rings. The van der Waals surface area contributed by atoms with Gasteiger partial charge in [-0.2, -0.15) is 0 Å². The maximum Gasteiger partial charge on any atom is 0.393 e. The van der Waals surface area contributed by atoms with Gasteiger partial charge in [0.05, 0.1) is 0 Å². The molecule has 0 saturated carbocycles. The molecule has 0 spiro atoms. The molecule has 0 aliphatic carbocycles. The molecular formula is C17H14N5OS+. The second-order valence-corrected chi connectivity index (χ2v) is 6.23. The second kappa shape index (κ2) is 5.86. The van der Waals surface area contributed by atoms with Gasteiger partial charge in [0.15, 0.2) is 11.6 Å². The number of carbonyl (C=O) groups excluding carboxylic acids is 1. The van der Waals surface area contributed by atoms with Crippen LogP contribution >= 0.6 is 11.3 Å². The summed E-state index contributed by atoms with van der Waals surface area (Å²) in [7, 11) is 0. The number of Topliss-reactive ketones (excluding diaryl/α,β-unsaturated/α-hetero) is 1. The largest absolute Gasteiger partial charge is 0.393 e. The molecule has 2 aromatic carbocycles. The highest BCUT2D eigenvalue weighted by Gasteiger charge is 2.25. The van der Waals surface area contributed by atoms with E-state index in [1.54, 1.807) is 21.3 Å². The summed E-state index contributed by atoms with van der Waals surface area (Å²) in [6, 6.07) is 19.0. The van der Waals surface area contributed by atoms with Gasteiger partial charge in [0, 0.05) is 11.1 Å². The lowest BCUT2D eigenvalue weighted by Gasteiger charge is -1.96. The first-order chi connectivity index (χ1) is 11.7. The third kappa shape index (κ3) is 2.55. The molecule has 7 heteroatoms. The Morgan fingerprint density at radius 3 is 2.46 bits per heavy atom. The topological polar surface area (TPSA) is 77.2 Å². The van der Waals surface area contributed by atoms with Gasteiger partial charge in [0.1, 0.15) is 0 Å². The number of carbonyl (C=O) groups is 1. The zero-order valence-corrected chi connectivity index (χ0v) is 13.5. The molecule has 2 aromatic heterocycles. The number of fused-ring (bicyclic) bond motifs is 1. The average Bonchev–Trinajstić information content (AvgIpc) is 3.18. The monoisotopic (exact) mass is 336 g/mol. The fraction of sp³-hybridized carbons (Fsp3) is 0.0588. The van der Waals surface area contributed by atoms with Crippen molar-refractivity contribution in [1.29, 1.82) is 0 Å². The summed E-state index contributed by atoms with van der Waals surface area (Å²) in [5.74, 6) is 0.250. The Kier molecular flexibility index (Phi) is 3.55. The van der Waals surface area contributed by atoms with Gasteiger partial charge in [-0.1, -0.05) is 65.8 Å². The molecule has 0 amide bonds. The molecule has 0 radical (unpaired) electrons. The summed E-state index contributed by atoms with van der Waals surface area (Å²) in [4.78, 5) is 13.1. The van der Waals surface area contributed by atoms with Crippen molar-refractivity contribution >= 4 is 28.0 Å². The third-order valence-corrected chi connectivity index (χ3v) is 4.71. The number of benzene rings is 2. The Labute approximate surface area is 141 Å². The number of nitrogens with two attached hydrogens (primary N) is 1. The highest BCUT2D eigenvalue weighted by Crippen LogP contribution is 2.24. The highest BCUT2D eigenvalue weighted by molar-refractivity contribution is 7.19. The summed E-state index contributed by atoms with van der Waals surface area (Å²) >= 11 is 1.46. The van der Waals surface area contributed by atoms with Crippen molar-refractivity contribution in [2.45, 2.75) is 6.54 Å². The van der Waals surface area contributed by atoms with Crippen molar-refractivity contribution in [1.82, 2.24) is 14.7 Å². The van der Waals surface area contributed by atoms with Gasteiger partial charge in [-0.05, 0) is 21.0 Å². The Morgan fingerprint density at radius 1 is 1.08 bits per heavy atom. The van der Waals surface area contributed by atoms with E-state index >= 15 is 0 Å². The number of hydrogen-bond acceptors (Lipinski definition) is 5. The maximum absolute atomic E-state index is 12.4. The van der Waals surface area contributed by atoms with Crippen LogP contribution in [0.1, 0.15) is 10.4 Å². The third-order valence-electron chi connectivity index (χ3n) is 3.63. The van der Waals surface area contributed by atoms with E-state index in [9.17, 15) is 4.79 Å². The van der Waals surface area contributed by atoms with Crippen LogP contribution in [0.15, 0.2) is 60.7 Å². The van der Waals surface area contributed by atoms with Crippen LogP contribution in [-0.4, -0.2) is 20.5 Å². The average molecular weight is 336 g/mol. The molecule has 0 fully saturated rings. The van der Waals surface area contributed by atoms with Crippen molar-refractivity contribution in [3.05, 3.63) is 66.2 Å². The standard InChI is InChI=1S/C17H14N5OS/c18-16-20-21(11-14(23)12-7-3-1-4-8-12)17-22(16)19-15(24-17)13-9-5-2-6-10-13/h1-10H,11H2,(H2,18,20)/q+1. The van der Waals surface area contributed by atoms with Crippen LogP contribution in [0.5, 0.6) is 0 Å². The molecule has 4 aromatic rings. The van der Waals surface area contributed by atoms with Crippen molar-refractivity contribution in [3.63, 3.8) is 0 Å². The number of nitrogen functional groups attached to an aromatic ring is 1. The zero-order valence-electron chi connectivity index (χ0n) is 12.7. The first-order valence-electron chi connectivity index (χ1n) is 7.41. The lowest BCUT2D eigenvalue weighted by Crippen LogP contribution is -2.40. The predicted octanol–water partition coefficient (Wildman–Crippen LogP) is 2.21. The van der Waals surface area contributed by atoms with E-state index in [1.807, 2.05) is 48.5 Å². The second-order valence-electron chi connectivity index (χ2n) is 5.27. The van der Waals surface area contributed by atoms with Crippen LogP contribution in [0, 0.1) is 0 Å². The van der Waals surface area contributed by atoms with E-state index in [1.165, 1.54) is 11.3 Å². The first-order valence-corrected chi connectivity index (χ1v) is 8.23. The maximum atomic E-state index is 12.4. The number of nitrogens with zero attached hydrogens (tertiary/aromatic N) is 4. The van der Waals surface area contributed by atoms with E-state index in [0.29, 0.717) is 5.56 Å². The predicted molar refractivity (Wildman–Crippen MR) is 91.7 cm³/mol. The van der Waals surface area contributed by atoms with Crippen LogP contribution in [0.3, 0.4) is 0 Å². The Morgan fingerprint density at radius 2 is 1.75 bits per heavy atom. The van der Waals surface area contributed by atoms with Crippen molar-refractivity contribution in [2.75, 3.05) is 5.73 Å². The van der Waals surface area contributed by atoms with Gasteiger partial charge < -0.3 is 5.73 Å². The summed E-state index contributed by atoms with van der Waals surface area (Å²) in [6.07, 6.45) is 0. The van der Waals surface area contributed by atoms with E-state index in [-0.39, 0.29) is 18.3 Å². The quantitative estimate of drug-likeness (QED) is 0.458.